The Balaban J connectivity index is 1.93. The number of carbonyl (C=O) groups excluding carboxylic acids is 2. The van der Waals surface area contributed by atoms with Crippen LogP contribution in [0.1, 0.15) is 56.1 Å². The minimum Gasteiger partial charge on any atom is -0.462 e. The van der Waals surface area contributed by atoms with Crippen molar-refractivity contribution in [2.24, 2.45) is 0 Å². The largest absolute Gasteiger partial charge is 0.462 e. The van der Waals surface area contributed by atoms with Crippen LogP contribution in [0.2, 0.25) is 0 Å². The van der Waals surface area contributed by atoms with Crippen molar-refractivity contribution < 1.29 is 19.2 Å². The van der Waals surface area contributed by atoms with E-state index in [0.29, 0.717) is 22.7 Å². The van der Waals surface area contributed by atoms with Crippen molar-refractivity contribution in [2.45, 2.75) is 40.7 Å². The summed E-state index contributed by atoms with van der Waals surface area (Å²) < 4.78 is 5.28. The number of ether oxygens (including phenoxy) is 1. The number of quaternary nitrogens is 1. The lowest BCUT2D eigenvalue weighted by molar-refractivity contribution is -0.913. The molecule has 5 nitrogen and oxygen atoms in total. The molecule has 0 fully saturated rings. The first-order valence-electron chi connectivity index (χ1n) is 9.48. The van der Waals surface area contributed by atoms with Gasteiger partial charge in [-0.15, -0.1) is 11.3 Å². The molecular formula is C21H27N2O3S+. The molecule has 2 heterocycles. The van der Waals surface area contributed by atoms with Crippen LogP contribution in [0.15, 0.2) is 18.2 Å². The molecule has 3 rings (SSSR count). The van der Waals surface area contributed by atoms with Crippen molar-refractivity contribution in [3.05, 3.63) is 50.9 Å². The van der Waals surface area contributed by atoms with Crippen LogP contribution >= 0.6 is 11.3 Å². The number of thiophene rings is 1. The standard InChI is InChI=1S/C21H26N2O3S/c1-5-23-10-9-16-17(12-23)27-20(18(16)21(25)26-6-2)22-19(24)15-8-7-13(3)14(4)11-15/h7-8,11H,5-6,9-10,12H2,1-4H3,(H,22,24)/p+1. The van der Waals surface area contributed by atoms with Gasteiger partial charge in [-0.25, -0.2) is 4.79 Å². The van der Waals surface area contributed by atoms with Gasteiger partial charge in [-0.2, -0.15) is 0 Å². The smallest absolute Gasteiger partial charge is 0.341 e. The molecule has 1 aliphatic heterocycles. The molecular weight excluding hydrogens is 360 g/mol. The summed E-state index contributed by atoms with van der Waals surface area (Å²) in [6.45, 7) is 11.2. The van der Waals surface area contributed by atoms with Gasteiger partial charge in [-0.05, 0) is 56.5 Å². The predicted octanol–water partition coefficient (Wildman–Crippen LogP) is 2.75. The number of anilines is 1. The molecule has 1 unspecified atom stereocenters. The number of amides is 1. The van der Waals surface area contributed by atoms with Crippen molar-refractivity contribution >= 4 is 28.2 Å². The molecule has 1 aliphatic rings. The number of hydrogen-bond donors (Lipinski definition) is 2. The van der Waals surface area contributed by atoms with Gasteiger partial charge in [0.05, 0.1) is 30.1 Å². The maximum Gasteiger partial charge on any atom is 0.341 e. The molecule has 1 amide bonds. The fourth-order valence-electron chi connectivity index (χ4n) is 3.40. The van der Waals surface area contributed by atoms with Crippen LogP contribution in [0.3, 0.4) is 0 Å². The number of aryl methyl sites for hydroxylation is 2. The average molecular weight is 388 g/mol. The quantitative estimate of drug-likeness (QED) is 0.776. The Morgan fingerprint density at radius 2 is 2.00 bits per heavy atom. The zero-order valence-electron chi connectivity index (χ0n) is 16.4. The number of likely N-dealkylation sites (N-methyl/N-ethyl adjacent to an activating group) is 1. The Labute approximate surface area is 164 Å². The zero-order valence-corrected chi connectivity index (χ0v) is 17.2. The molecule has 0 saturated heterocycles. The van der Waals surface area contributed by atoms with Crippen LogP contribution in [0.5, 0.6) is 0 Å². The maximum atomic E-state index is 12.8. The zero-order chi connectivity index (χ0) is 19.6. The van der Waals surface area contributed by atoms with Gasteiger partial charge < -0.3 is 15.0 Å². The second-order valence-corrected chi connectivity index (χ2v) is 8.07. The molecule has 144 valence electrons. The highest BCUT2D eigenvalue weighted by Gasteiger charge is 2.31. The molecule has 0 saturated carbocycles. The SMILES string of the molecule is CCOC(=O)c1c(NC(=O)c2ccc(C)c(C)c2)sc2c1CC[NH+](CC)C2. The number of esters is 1. The normalized spacial score (nSPS) is 15.9. The number of nitrogens with one attached hydrogen (secondary N) is 2. The minimum atomic E-state index is -0.342. The summed E-state index contributed by atoms with van der Waals surface area (Å²) in [6.07, 6.45) is 0.836. The highest BCUT2D eigenvalue weighted by atomic mass is 32.1. The van der Waals surface area contributed by atoms with E-state index in [1.807, 2.05) is 32.0 Å². The van der Waals surface area contributed by atoms with Crippen molar-refractivity contribution in [2.75, 3.05) is 25.0 Å². The van der Waals surface area contributed by atoms with E-state index in [2.05, 4.69) is 12.2 Å². The molecule has 0 aliphatic carbocycles. The Bertz CT molecular complexity index is 873. The molecule has 2 N–H and O–H groups in total. The van der Waals surface area contributed by atoms with Gasteiger partial charge in [0.1, 0.15) is 11.5 Å². The number of fused-ring (bicyclic) bond motifs is 1. The third-order valence-electron chi connectivity index (χ3n) is 5.21. The van der Waals surface area contributed by atoms with Crippen LogP contribution in [-0.2, 0) is 17.7 Å². The monoisotopic (exact) mass is 387 g/mol. The molecule has 6 heteroatoms. The summed E-state index contributed by atoms with van der Waals surface area (Å²) in [5, 5.41) is 3.58. The lowest BCUT2D eigenvalue weighted by atomic mass is 10.0. The highest BCUT2D eigenvalue weighted by molar-refractivity contribution is 7.17. The summed E-state index contributed by atoms with van der Waals surface area (Å²) in [6, 6.07) is 5.64. The number of rotatable bonds is 5. The minimum absolute atomic E-state index is 0.193. The topological polar surface area (TPSA) is 59.8 Å². The summed E-state index contributed by atoms with van der Waals surface area (Å²) in [7, 11) is 0. The molecule has 0 spiro atoms. The maximum absolute atomic E-state index is 12.8. The third-order valence-corrected chi connectivity index (χ3v) is 6.35. The van der Waals surface area contributed by atoms with E-state index in [4.69, 9.17) is 4.74 Å². The van der Waals surface area contributed by atoms with Gasteiger partial charge in [0.15, 0.2) is 0 Å². The second kappa shape index (κ2) is 8.23. The summed E-state index contributed by atoms with van der Waals surface area (Å²) in [4.78, 5) is 28.0. The van der Waals surface area contributed by atoms with Crippen LogP contribution in [0.4, 0.5) is 5.00 Å². The Kier molecular flexibility index (Phi) is 5.97. The third kappa shape index (κ3) is 4.06. The van der Waals surface area contributed by atoms with Gasteiger partial charge >= 0.3 is 5.97 Å². The van der Waals surface area contributed by atoms with Crippen molar-refractivity contribution in [3.63, 3.8) is 0 Å². The van der Waals surface area contributed by atoms with E-state index in [0.717, 1.165) is 42.7 Å². The van der Waals surface area contributed by atoms with E-state index in [1.54, 1.807) is 6.92 Å². The van der Waals surface area contributed by atoms with Crippen molar-refractivity contribution in [1.29, 1.82) is 0 Å². The first kappa shape index (κ1) is 19.6. The van der Waals surface area contributed by atoms with Gasteiger partial charge in [0.25, 0.3) is 5.91 Å². The summed E-state index contributed by atoms with van der Waals surface area (Å²) in [5.41, 5.74) is 4.41. The molecule has 1 atom stereocenters. The van der Waals surface area contributed by atoms with E-state index >= 15 is 0 Å². The van der Waals surface area contributed by atoms with E-state index in [-0.39, 0.29) is 11.9 Å². The summed E-state index contributed by atoms with van der Waals surface area (Å²) >= 11 is 1.51. The Morgan fingerprint density at radius 1 is 1.22 bits per heavy atom. The van der Waals surface area contributed by atoms with Gasteiger partial charge in [-0.3, -0.25) is 4.79 Å². The molecule has 0 bridgehead atoms. The van der Waals surface area contributed by atoms with Gasteiger partial charge in [0, 0.05) is 12.0 Å². The molecule has 2 aromatic rings. The number of carbonyl (C=O) groups is 2. The van der Waals surface area contributed by atoms with Crippen LogP contribution in [0, 0.1) is 13.8 Å². The second-order valence-electron chi connectivity index (χ2n) is 6.96. The molecule has 1 aromatic carbocycles. The lowest BCUT2D eigenvalue weighted by Crippen LogP contribution is -3.11. The van der Waals surface area contributed by atoms with Gasteiger partial charge in [-0.1, -0.05) is 6.07 Å². The van der Waals surface area contributed by atoms with Crippen molar-refractivity contribution in [1.82, 2.24) is 0 Å². The van der Waals surface area contributed by atoms with Crippen molar-refractivity contribution in [3.8, 4) is 0 Å². The van der Waals surface area contributed by atoms with Crippen LogP contribution in [-0.4, -0.2) is 31.6 Å². The summed E-state index contributed by atoms with van der Waals surface area (Å²) in [5.74, 6) is -0.535. The first-order chi connectivity index (χ1) is 12.9. The first-order valence-corrected chi connectivity index (χ1v) is 10.3. The number of benzene rings is 1. The average Bonchev–Trinajstić information content (AvgIpc) is 3.00. The molecule has 27 heavy (non-hydrogen) atoms. The van der Waals surface area contributed by atoms with E-state index in [9.17, 15) is 9.59 Å². The predicted molar refractivity (Wildman–Crippen MR) is 108 cm³/mol. The van der Waals surface area contributed by atoms with E-state index < -0.39 is 0 Å². The van der Waals surface area contributed by atoms with E-state index in [1.165, 1.54) is 21.1 Å². The fourth-order valence-corrected chi connectivity index (χ4v) is 4.71. The molecule has 0 radical (unpaired) electrons. The fraction of sp³-hybridized carbons (Fsp3) is 0.429. The lowest BCUT2D eigenvalue weighted by Gasteiger charge is -2.22. The highest BCUT2D eigenvalue weighted by Crippen LogP contribution is 2.35. The van der Waals surface area contributed by atoms with Crippen LogP contribution in [0.25, 0.3) is 0 Å². The molecule has 1 aromatic heterocycles. The Morgan fingerprint density at radius 3 is 2.67 bits per heavy atom. The van der Waals surface area contributed by atoms with Crippen LogP contribution < -0.4 is 10.2 Å². The Hall–Kier alpha value is -2.18. The number of hydrogen-bond acceptors (Lipinski definition) is 4. The van der Waals surface area contributed by atoms with Gasteiger partial charge in [0.2, 0.25) is 0 Å².